The van der Waals surface area contributed by atoms with Gasteiger partial charge >= 0.3 is 0 Å². The van der Waals surface area contributed by atoms with Crippen LogP contribution < -0.4 is 0 Å². The lowest BCUT2D eigenvalue weighted by molar-refractivity contribution is 0.523. The van der Waals surface area contributed by atoms with Crippen molar-refractivity contribution in [3.8, 4) is 0 Å². The highest BCUT2D eigenvalue weighted by Gasteiger charge is 2.06. The molecule has 0 rings (SSSR count). The fraction of sp³-hybridized carbons (Fsp3) is 0.800. The first-order valence-corrected chi connectivity index (χ1v) is 4.43. The van der Waals surface area contributed by atoms with Crippen LogP contribution in [0.4, 0.5) is 0 Å². The van der Waals surface area contributed by atoms with Gasteiger partial charge in [-0.1, -0.05) is 39.3 Å². The molecule has 1 atom stereocenters. The van der Waals surface area contributed by atoms with Gasteiger partial charge in [-0.05, 0) is 25.2 Å². The van der Waals surface area contributed by atoms with Crippen molar-refractivity contribution >= 4 is 0 Å². The first-order valence-electron chi connectivity index (χ1n) is 4.43. The highest BCUT2D eigenvalue weighted by Crippen LogP contribution is 2.21. The molecule has 0 saturated heterocycles. The van der Waals surface area contributed by atoms with E-state index in [1.165, 1.54) is 24.8 Å². The minimum atomic E-state index is 0.787. The van der Waals surface area contributed by atoms with Crippen molar-refractivity contribution in [2.45, 2.75) is 46.5 Å². The second-order valence-corrected chi connectivity index (χ2v) is 2.91. The Morgan fingerprint density at radius 1 is 1.30 bits per heavy atom. The van der Waals surface area contributed by atoms with E-state index in [4.69, 9.17) is 0 Å². The standard InChI is InChI=1S/C10H20/c1-5-8-10(7-3)9(4)6-2/h10H,4-8H2,1-3H3. The summed E-state index contributed by atoms with van der Waals surface area (Å²) in [6, 6.07) is 0. The summed E-state index contributed by atoms with van der Waals surface area (Å²) in [6.07, 6.45) is 5.03. The molecular weight excluding hydrogens is 120 g/mol. The lowest BCUT2D eigenvalue weighted by atomic mass is 9.91. The number of hydrogen-bond acceptors (Lipinski definition) is 0. The largest absolute Gasteiger partial charge is 0.0996 e. The zero-order chi connectivity index (χ0) is 7.98. The second-order valence-electron chi connectivity index (χ2n) is 2.91. The number of allylic oxidation sites excluding steroid dienone is 1. The Morgan fingerprint density at radius 3 is 2.20 bits per heavy atom. The molecule has 0 bridgehead atoms. The van der Waals surface area contributed by atoms with Crippen LogP contribution in [0.2, 0.25) is 0 Å². The fourth-order valence-corrected chi connectivity index (χ4v) is 1.33. The van der Waals surface area contributed by atoms with Crippen LogP contribution in [0.1, 0.15) is 46.5 Å². The molecule has 0 heteroatoms. The van der Waals surface area contributed by atoms with Crippen LogP contribution in [-0.4, -0.2) is 0 Å². The average Bonchev–Trinajstić information content (AvgIpc) is 1.99. The molecule has 0 aromatic rings. The van der Waals surface area contributed by atoms with Gasteiger partial charge < -0.3 is 0 Å². The van der Waals surface area contributed by atoms with Crippen LogP contribution in [0.5, 0.6) is 0 Å². The van der Waals surface area contributed by atoms with E-state index in [2.05, 4.69) is 27.4 Å². The van der Waals surface area contributed by atoms with Gasteiger partial charge in [0, 0.05) is 0 Å². The molecular formula is C10H20. The Bertz CT molecular complexity index is 92.2. The third kappa shape index (κ3) is 3.05. The van der Waals surface area contributed by atoms with Crippen LogP contribution in [0, 0.1) is 5.92 Å². The van der Waals surface area contributed by atoms with E-state index in [0.29, 0.717) is 0 Å². The minimum Gasteiger partial charge on any atom is -0.0996 e. The summed E-state index contributed by atoms with van der Waals surface area (Å²) in [6.45, 7) is 10.8. The normalized spacial score (nSPS) is 13.1. The van der Waals surface area contributed by atoms with Crippen molar-refractivity contribution in [1.82, 2.24) is 0 Å². The molecule has 60 valence electrons. The van der Waals surface area contributed by atoms with Gasteiger partial charge in [0.05, 0.1) is 0 Å². The Balaban J connectivity index is 3.68. The molecule has 0 aromatic heterocycles. The first-order chi connectivity index (χ1) is 4.76. The van der Waals surface area contributed by atoms with Crippen molar-refractivity contribution < 1.29 is 0 Å². The van der Waals surface area contributed by atoms with Gasteiger partial charge in [-0.2, -0.15) is 0 Å². The molecule has 0 aliphatic heterocycles. The van der Waals surface area contributed by atoms with Gasteiger partial charge in [0.25, 0.3) is 0 Å². The van der Waals surface area contributed by atoms with Gasteiger partial charge in [-0.3, -0.25) is 0 Å². The predicted octanol–water partition coefficient (Wildman–Crippen LogP) is 3.78. The van der Waals surface area contributed by atoms with E-state index < -0.39 is 0 Å². The average molecular weight is 140 g/mol. The molecule has 0 aliphatic carbocycles. The predicted molar refractivity (Wildman–Crippen MR) is 48.1 cm³/mol. The van der Waals surface area contributed by atoms with Crippen molar-refractivity contribution in [1.29, 1.82) is 0 Å². The molecule has 0 aromatic carbocycles. The maximum absolute atomic E-state index is 4.06. The molecule has 0 radical (unpaired) electrons. The summed E-state index contributed by atoms with van der Waals surface area (Å²) < 4.78 is 0. The van der Waals surface area contributed by atoms with Crippen molar-refractivity contribution in [2.24, 2.45) is 5.92 Å². The third-order valence-corrected chi connectivity index (χ3v) is 2.16. The quantitative estimate of drug-likeness (QED) is 0.510. The minimum absolute atomic E-state index is 0.787. The smallest absolute Gasteiger partial charge is 0.0209 e. The zero-order valence-electron chi connectivity index (χ0n) is 7.61. The second kappa shape index (κ2) is 5.52. The maximum atomic E-state index is 4.06. The maximum Gasteiger partial charge on any atom is -0.0209 e. The van der Waals surface area contributed by atoms with Crippen LogP contribution >= 0.6 is 0 Å². The van der Waals surface area contributed by atoms with E-state index >= 15 is 0 Å². The lowest BCUT2D eigenvalue weighted by Crippen LogP contribution is -2.00. The van der Waals surface area contributed by atoms with Crippen molar-refractivity contribution in [2.75, 3.05) is 0 Å². The molecule has 0 amide bonds. The summed E-state index contributed by atoms with van der Waals surface area (Å²) in [7, 11) is 0. The van der Waals surface area contributed by atoms with E-state index in [1.807, 2.05) is 0 Å². The summed E-state index contributed by atoms with van der Waals surface area (Å²) >= 11 is 0. The molecule has 0 nitrogen and oxygen atoms in total. The highest BCUT2D eigenvalue weighted by molar-refractivity contribution is 4.98. The Hall–Kier alpha value is -0.260. The Morgan fingerprint density at radius 2 is 1.90 bits per heavy atom. The Kier molecular flexibility index (Phi) is 5.38. The van der Waals surface area contributed by atoms with Crippen LogP contribution in [0.25, 0.3) is 0 Å². The summed E-state index contributed by atoms with van der Waals surface area (Å²) in [5.41, 5.74) is 1.43. The monoisotopic (exact) mass is 140 g/mol. The van der Waals surface area contributed by atoms with Crippen molar-refractivity contribution in [3.05, 3.63) is 12.2 Å². The van der Waals surface area contributed by atoms with Crippen molar-refractivity contribution in [3.63, 3.8) is 0 Å². The van der Waals surface area contributed by atoms with E-state index in [0.717, 1.165) is 12.3 Å². The van der Waals surface area contributed by atoms with E-state index in [9.17, 15) is 0 Å². The summed E-state index contributed by atoms with van der Waals surface area (Å²) in [5.74, 6) is 0.787. The number of hydrogen-bond donors (Lipinski definition) is 0. The van der Waals surface area contributed by atoms with Gasteiger partial charge in [-0.25, -0.2) is 0 Å². The zero-order valence-corrected chi connectivity index (χ0v) is 7.61. The molecule has 10 heavy (non-hydrogen) atoms. The SMILES string of the molecule is C=C(CC)C(CC)CCC. The highest BCUT2D eigenvalue weighted by atomic mass is 14.1. The van der Waals surface area contributed by atoms with Gasteiger partial charge in [0.15, 0.2) is 0 Å². The molecule has 0 aliphatic rings. The van der Waals surface area contributed by atoms with Crippen LogP contribution in [0.3, 0.4) is 0 Å². The lowest BCUT2D eigenvalue weighted by Gasteiger charge is -2.14. The first kappa shape index (κ1) is 9.74. The third-order valence-electron chi connectivity index (χ3n) is 2.16. The van der Waals surface area contributed by atoms with Gasteiger partial charge in [-0.15, -0.1) is 0 Å². The Labute approximate surface area is 65.3 Å². The van der Waals surface area contributed by atoms with Crippen LogP contribution in [0.15, 0.2) is 12.2 Å². The van der Waals surface area contributed by atoms with E-state index in [1.54, 1.807) is 0 Å². The summed E-state index contributed by atoms with van der Waals surface area (Å²) in [4.78, 5) is 0. The van der Waals surface area contributed by atoms with Gasteiger partial charge in [0.2, 0.25) is 0 Å². The fourth-order valence-electron chi connectivity index (χ4n) is 1.33. The molecule has 0 heterocycles. The topological polar surface area (TPSA) is 0 Å². The molecule has 1 unspecified atom stereocenters. The van der Waals surface area contributed by atoms with Gasteiger partial charge in [0.1, 0.15) is 0 Å². The summed E-state index contributed by atoms with van der Waals surface area (Å²) in [5, 5.41) is 0. The van der Waals surface area contributed by atoms with Crippen LogP contribution in [-0.2, 0) is 0 Å². The molecule has 0 fully saturated rings. The molecule has 0 N–H and O–H groups in total. The molecule has 0 saturated carbocycles. The van der Waals surface area contributed by atoms with E-state index in [-0.39, 0.29) is 0 Å². The number of rotatable bonds is 5. The molecule has 0 spiro atoms.